The van der Waals surface area contributed by atoms with Crippen LogP contribution < -0.4 is 29.4 Å². The predicted molar refractivity (Wildman–Crippen MR) is 122 cm³/mol. The first-order chi connectivity index (χ1) is 16.5. The molecule has 4 N–H and O–H groups in total. The maximum Gasteiger partial charge on any atom is 0.244 e. The number of phenols is 1. The lowest BCUT2D eigenvalue weighted by atomic mass is 9.83. The molecule has 0 radical (unpaired) electrons. The molecular weight excluding hydrogens is 440 g/mol. The van der Waals surface area contributed by atoms with E-state index in [9.17, 15) is 10.4 Å². The molecule has 0 aliphatic carbocycles. The lowest BCUT2D eigenvalue weighted by Crippen LogP contribution is -2.21. The Bertz CT molecular complexity index is 1280. The molecule has 0 spiro atoms. The average Bonchev–Trinajstić information content (AvgIpc) is 3.27. The van der Waals surface area contributed by atoms with Crippen molar-refractivity contribution in [3.8, 4) is 52.0 Å². The standard InChI is InChI=1S/C24H24N4O6/c1-5-33-16-8-12(6-7-15(16)29)19-14(11-25)23(26)34-24-20(19)21(27-28-24)13-9-17(30-2)22(32-4)18(10-13)31-3/h6-10,19,29H,5,26H2,1-4H3,(H,27,28)/t19-/m0/s1. The number of hydrogen-bond acceptors (Lipinski definition) is 9. The van der Waals surface area contributed by atoms with Gasteiger partial charge in [-0.2, -0.15) is 5.26 Å². The van der Waals surface area contributed by atoms with Gasteiger partial charge < -0.3 is 34.5 Å². The number of aromatic amines is 1. The van der Waals surface area contributed by atoms with Crippen molar-refractivity contribution >= 4 is 0 Å². The molecule has 3 aromatic rings. The van der Waals surface area contributed by atoms with Gasteiger partial charge in [0.1, 0.15) is 11.6 Å². The van der Waals surface area contributed by atoms with Gasteiger partial charge in [0.25, 0.3) is 0 Å². The Kier molecular flexibility index (Phi) is 6.10. The Hall–Kier alpha value is -4.52. The van der Waals surface area contributed by atoms with Crippen LogP contribution in [0.15, 0.2) is 41.8 Å². The van der Waals surface area contributed by atoms with Crippen LogP contribution in [0.1, 0.15) is 24.0 Å². The van der Waals surface area contributed by atoms with Crippen LogP contribution in [0.5, 0.6) is 34.6 Å². The van der Waals surface area contributed by atoms with Crippen LogP contribution in [-0.4, -0.2) is 43.2 Å². The molecule has 34 heavy (non-hydrogen) atoms. The molecule has 0 fully saturated rings. The Balaban J connectivity index is 1.95. The minimum atomic E-state index is -0.638. The smallest absolute Gasteiger partial charge is 0.244 e. The first kappa shape index (κ1) is 22.7. The Labute approximate surface area is 196 Å². The highest BCUT2D eigenvalue weighted by molar-refractivity contribution is 5.75. The molecule has 0 unspecified atom stereocenters. The maximum atomic E-state index is 10.2. The number of rotatable bonds is 7. The van der Waals surface area contributed by atoms with Crippen LogP contribution in [0.4, 0.5) is 0 Å². The van der Waals surface area contributed by atoms with E-state index in [2.05, 4.69) is 16.3 Å². The van der Waals surface area contributed by atoms with E-state index in [1.165, 1.54) is 27.4 Å². The van der Waals surface area contributed by atoms with E-state index in [1.807, 2.05) is 6.92 Å². The third-order valence-corrected chi connectivity index (χ3v) is 5.51. The monoisotopic (exact) mass is 464 g/mol. The summed E-state index contributed by atoms with van der Waals surface area (Å²) < 4.78 is 27.6. The Morgan fingerprint density at radius 3 is 2.41 bits per heavy atom. The number of allylic oxidation sites excluding steroid dienone is 1. The van der Waals surface area contributed by atoms with E-state index < -0.39 is 5.92 Å². The summed E-state index contributed by atoms with van der Waals surface area (Å²) in [5, 5.41) is 27.4. The molecule has 0 saturated heterocycles. The quantitative estimate of drug-likeness (QED) is 0.479. The van der Waals surface area contributed by atoms with Gasteiger partial charge in [0.05, 0.1) is 45.1 Å². The summed E-state index contributed by atoms with van der Waals surface area (Å²) in [5.74, 6) is 1.18. The molecule has 4 rings (SSSR count). The SMILES string of the molecule is CCOc1cc([C@H]2C(C#N)=C(N)Oc3n[nH]c(-c4cc(OC)c(OC)c(OC)c4)c32)ccc1O. The fourth-order valence-corrected chi connectivity index (χ4v) is 4.01. The molecule has 1 aliphatic heterocycles. The third-order valence-electron chi connectivity index (χ3n) is 5.51. The predicted octanol–water partition coefficient (Wildman–Crippen LogP) is 3.42. The van der Waals surface area contributed by atoms with Crippen LogP contribution in [0.3, 0.4) is 0 Å². The van der Waals surface area contributed by atoms with E-state index in [-0.39, 0.29) is 23.1 Å². The second-order valence-corrected chi connectivity index (χ2v) is 7.32. The van der Waals surface area contributed by atoms with Gasteiger partial charge in [0.2, 0.25) is 17.5 Å². The number of ether oxygens (including phenoxy) is 5. The number of nitrogens with one attached hydrogen (secondary N) is 1. The number of fused-ring (bicyclic) bond motifs is 1. The zero-order valence-corrected chi connectivity index (χ0v) is 19.1. The normalized spacial score (nSPS) is 14.6. The fraction of sp³-hybridized carbons (Fsp3) is 0.250. The van der Waals surface area contributed by atoms with Gasteiger partial charge in [-0.25, -0.2) is 0 Å². The summed E-state index contributed by atoms with van der Waals surface area (Å²) in [6.45, 7) is 2.18. The van der Waals surface area contributed by atoms with E-state index in [0.717, 1.165) is 0 Å². The maximum absolute atomic E-state index is 10.2. The summed E-state index contributed by atoms with van der Waals surface area (Å²) in [7, 11) is 4.58. The third kappa shape index (κ3) is 3.67. The first-order valence-corrected chi connectivity index (χ1v) is 10.4. The summed E-state index contributed by atoms with van der Waals surface area (Å²) in [4.78, 5) is 0. The van der Waals surface area contributed by atoms with Crippen LogP contribution in [0.2, 0.25) is 0 Å². The van der Waals surface area contributed by atoms with Crippen molar-refractivity contribution in [2.75, 3.05) is 27.9 Å². The van der Waals surface area contributed by atoms with Crippen LogP contribution in [-0.2, 0) is 0 Å². The van der Waals surface area contributed by atoms with Crippen molar-refractivity contribution in [2.24, 2.45) is 5.73 Å². The molecule has 1 aliphatic rings. The fourth-order valence-electron chi connectivity index (χ4n) is 4.01. The largest absolute Gasteiger partial charge is 0.504 e. The van der Waals surface area contributed by atoms with E-state index in [0.29, 0.717) is 52.0 Å². The number of methoxy groups -OCH3 is 3. The number of nitrogens with two attached hydrogens (primary N) is 1. The lowest BCUT2D eigenvalue weighted by Gasteiger charge is -2.25. The molecule has 0 amide bonds. The molecular formula is C24H24N4O6. The van der Waals surface area contributed by atoms with Crippen molar-refractivity contribution < 1.29 is 28.8 Å². The number of benzene rings is 2. The minimum Gasteiger partial charge on any atom is -0.504 e. The van der Waals surface area contributed by atoms with Crippen molar-refractivity contribution in [3.05, 3.63) is 52.9 Å². The highest BCUT2D eigenvalue weighted by atomic mass is 16.5. The molecule has 2 aromatic carbocycles. The first-order valence-electron chi connectivity index (χ1n) is 10.4. The van der Waals surface area contributed by atoms with Crippen molar-refractivity contribution in [2.45, 2.75) is 12.8 Å². The zero-order valence-electron chi connectivity index (χ0n) is 19.1. The highest BCUT2D eigenvalue weighted by Crippen LogP contribution is 2.49. The number of phenolic OH excluding ortho intramolecular Hbond substituents is 1. The van der Waals surface area contributed by atoms with Gasteiger partial charge in [-0.05, 0) is 36.8 Å². The van der Waals surface area contributed by atoms with Crippen LogP contribution in [0, 0.1) is 11.3 Å². The summed E-state index contributed by atoms with van der Waals surface area (Å²) in [5.41, 5.74) is 8.78. The zero-order chi connectivity index (χ0) is 24.4. The van der Waals surface area contributed by atoms with Gasteiger partial charge in [0.15, 0.2) is 23.0 Å². The molecule has 0 saturated carbocycles. The number of H-pyrrole nitrogens is 1. The molecule has 10 nitrogen and oxygen atoms in total. The molecule has 1 atom stereocenters. The van der Waals surface area contributed by atoms with Gasteiger partial charge in [-0.15, -0.1) is 5.10 Å². The van der Waals surface area contributed by atoms with Crippen molar-refractivity contribution in [3.63, 3.8) is 0 Å². The molecule has 1 aromatic heterocycles. The topological polar surface area (TPSA) is 145 Å². The molecule has 0 bridgehead atoms. The molecule has 176 valence electrons. The molecule has 10 heteroatoms. The van der Waals surface area contributed by atoms with E-state index in [1.54, 1.807) is 24.3 Å². The second kappa shape index (κ2) is 9.15. The number of hydrogen-bond donors (Lipinski definition) is 3. The summed E-state index contributed by atoms with van der Waals surface area (Å²) in [6.07, 6.45) is 0. The summed E-state index contributed by atoms with van der Waals surface area (Å²) in [6, 6.07) is 10.6. The van der Waals surface area contributed by atoms with E-state index in [4.69, 9.17) is 29.4 Å². The average molecular weight is 464 g/mol. The number of nitriles is 1. The van der Waals surface area contributed by atoms with Gasteiger partial charge in [0, 0.05) is 5.56 Å². The number of aromatic hydroxyl groups is 1. The summed E-state index contributed by atoms with van der Waals surface area (Å²) >= 11 is 0. The second-order valence-electron chi connectivity index (χ2n) is 7.32. The van der Waals surface area contributed by atoms with Gasteiger partial charge >= 0.3 is 0 Å². The Morgan fingerprint density at radius 1 is 1.12 bits per heavy atom. The lowest BCUT2D eigenvalue weighted by molar-refractivity contribution is 0.317. The van der Waals surface area contributed by atoms with E-state index >= 15 is 0 Å². The van der Waals surface area contributed by atoms with Gasteiger partial charge in [-0.1, -0.05) is 6.07 Å². The van der Waals surface area contributed by atoms with Crippen LogP contribution >= 0.6 is 0 Å². The molecule has 2 heterocycles. The van der Waals surface area contributed by atoms with Gasteiger partial charge in [-0.3, -0.25) is 5.10 Å². The minimum absolute atomic E-state index is 0.00890. The number of aromatic nitrogens is 2. The Morgan fingerprint density at radius 2 is 1.82 bits per heavy atom. The number of nitrogens with zero attached hydrogens (tertiary/aromatic N) is 2. The van der Waals surface area contributed by atoms with Crippen molar-refractivity contribution in [1.82, 2.24) is 10.2 Å². The van der Waals surface area contributed by atoms with Crippen molar-refractivity contribution in [1.29, 1.82) is 5.26 Å². The van der Waals surface area contributed by atoms with Crippen LogP contribution in [0.25, 0.3) is 11.3 Å². The highest BCUT2D eigenvalue weighted by Gasteiger charge is 2.36.